The predicted molar refractivity (Wildman–Crippen MR) is 120 cm³/mol. The van der Waals surface area contributed by atoms with E-state index < -0.39 is 11.4 Å². The number of carbonyl (C=O) groups excluding carboxylic acids is 2. The number of hydrogen-bond donors (Lipinski definition) is 1. The van der Waals surface area contributed by atoms with Gasteiger partial charge in [-0.2, -0.15) is 5.10 Å². The number of rotatable bonds is 7. The van der Waals surface area contributed by atoms with Crippen molar-refractivity contribution in [2.75, 3.05) is 19.5 Å². The van der Waals surface area contributed by atoms with E-state index >= 15 is 0 Å². The summed E-state index contributed by atoms with van der Waals surface area (Å²) in [6, 6.07) is 12.7. The Morgan fingerprint density at radius 2 is 1.69 bits per heavy atom. The SMILES string of the molecule is COc1cc(NC(=O)C(C)(C)C)c(C(=O)OCc2cnn(-c3ccccc3)c2)cc1OC. The lowest BCUT2D eigenvalue weighted by molar-refractivity contribution is -0.123. The van der Waals surface area contributed by atoms with Gasteiger partial charge in [0, 0.05) is 29.3 Å². The molecule has 8 heteroatoms. The molecule has 0 saturated carbocycles. The molecule has 0 atom stereocenters. The standard InChI is InChI=1S/C24H27N3O5/c1-24(2,3)23(29)26-19-12-21(31-5)20(30-4)11-18(19)22(28)32-15-16-13-25-27(14-16)17-9-7-6-8-10-17/h6-14H,15H2,1-5H3,(H,26,29). The topological polar surface area (TPSA) is 91.7 Å². The zero-order chi connectivity index (χ0) is 23.3. The molecule has 8 nitrogen and oxygen atoms in total. The Morgan fingerprint density at radius 1 is 1.03 bits per heavy atom. The van der Waals surface area contributed by atoms with Crippen LogP contribution in [0.1, 0.15) is 36.7 Å². The lowest BCUT2D eigenvalue weighted by Crippen LogP contribution is -2.28. The third kappa shape index (κ3) is 5.26. The Morgan fingerprint density at radius 3 is 2.31 bits per heavy atom. The molecule has 1 amide bonds. The number of amides is 1. The van der Waals surface area contributed by atoms with E-state index in [-0.39, 0.29) is 23.8 Å². The van der Waals surface area contributed by atoms with Crippen LogP contribution in [0.15, 0.2) is 54.9 Å². The van der Waals surface area contributed by atoms with Crippen molar-refractivity contribution in [3.8, 4) is 17.2 Å². The number of aromatic nitrogens is 2. The molecule has 0 spiro atoms. The van der Waals surface area contributed by atoms with Crippen molar-refractivity contribution in [2.45, 2.75) is 27.4 Å². The summed E-state index contributed by atoms with van der Waals surface area (Å²) >= 11 is 0. The summed E-state index contributed by atoms with van der Waals surface area (Å²) in [5.41, 5.74) is 1.42. The summed E-state index contributed by atoms with van der Waals surface area (Å²) in [5, 5.41) is 7.09. The number of benzene rings is 2. The quantitative estimate of drug-likeness (QED) is 0.556. The van der Waals surface area contributed by atoms with Crippen LogP contribution < -0.4 is 14.8 Å². The molecule has 0 fully saturated rings. The van der Waals surface area contributed by atoms with Crippen LogP contribution in [-0.4, -0.2) is 35.9 Å². The minimum absolute atomic E-state index is 0.0205. The van der Waals surface area contributed by atoms with Crippen molar-refractivity contribution in [3.05, 3.63) is 66.0 Å². The molecule has 3 rings (SSSR count). The van der Waals surface area contributed by atoms with E-state index in [9.17, 15) is 9.59 Å². The number of nitrogens with zero attached hydrogens (tertiary/aromatic N) is 2. The fourth-order valence-electron chi connectivity index (χ4n) is 2.84. The Labute approximate surface area is 187 Å². The van der Waals surface area contributed by atoms with Crippen molar-refractivity contribution in [2.24, 2.45) is 5.41 Å². The molecule has 1 N–H and O–H groups in total. The summed E-state index contributed by atoms with van der Waals surface area (Å²) < 4.78 is 17.8. The smallest absolute Gasteiger partial charge is 0.340 e. The van der Waals surface area contributed by atoms with E-state index in [1.54, 1.807) is 43.9 Å². The van der Waals surface area contributed by atoms with Gasteiger partial charge in [0.15, 0.2) is 11.5 Å². The Hall–Kier alpha value is -3.81. The molecular formula is C24H27N3O5. The molecule has 32 heavy (non-hydrogen) atoms. The lowest BCUT2D eigenvalue weighted by Gasteiger charge is -2.20. The van der Waals surface area contributed by atoms with Gasteiger partial charge in [0.25, 0.3) is 0 Å². The van der Waals surface area contributed by atoms with Gasteiger partial charge in [0.1, 0.15) is 6.61 Å². The minimum Gasteiger partial charge on any atom is -0.493 e. The molecule has 0 aliphatic heterocycles. The zero-order valence-corrected chi connectivity index (χ0v) is 18.8. The lowest BCUT2D eigenvalue weighted by atomic mass is 9.95. The van der Waals surface area contributed by atoms with Crippen molar-refractivity contribution in [1.82, 2.24) is 9.78 Å². The van der Waals surface area contributed by atoms with Gasteiger partial charge in [0.05, 0.1) is 37.4 Å². The Kier molecular flexibility index (Phi) is 6.82. The maximum atomic E-state index is 12.9. The molecule has 0 aliphatic carbocycles. The van der Waals surface area contributed by atoms with Gasteiger partial charge in [0.2, 0.25) is 5.91 Å². The second kappa shape index (κ2) is 9.55. The summed E-state index contributed by atoms with van der Waals surface area (Å²) in [6.45, 7) is 5.37. The molecular weight excluding hydrogens is 410 g/mol. The predicted octanol–water partition coefficient (Wildman–Crippen LogP) is 4.23. The van der Waals surface area contributed by atoms with Gasteiger partial charge in [-0.1, -0.05) is 39.0 Å². The number of hydrogen-bond acceptors (Lipinski definition) is 6. The number of anilines is 1. The van der Waals surface area contributed by atoms with Crippen molar-refractivity contribution in [1.29, 1.82) is 0 Å². The van der Waals surface area contributed by atoms with E-state index in [2.05, 4.69) is 10.4 Å². The van der Waals surface area contributed by atoms with Crippen LogP contribution >= 0.6 is 0 Å². The first-order valence-corrected chi connectivity index (χ1v) is 10.1. The average Bonchev–Trinajstić information content (AvgIpc) is 3.26. The highest BCUT2D eigenvalue weighted by molar-refractivity contribution is 6.03. The van der Waals surface area contributed by atoms with Crippen LogP contribution in [0.25, 0.3) is 5.69 Å². The first-order valence-electron chi connectivity index (χ1n) is 10.1. The van der Waals surface area contributed by atoms with E-state index in [0.717, 1.165) is 11.3 Å². The van der Waals surface area contributed by atoms with Crippen LogP contribution in [0.4, 0.5) is 5.69 Å². The molecule has 0 saturated heterocycles. The maximum absolute atomic E-state index is 12.9. The summed E-state index contributed by atoms with van der Waals surface area (Å²) in [6.07, 6.45) is 3.43. The van der Waals surface area contributed by atoms with Gasteiger partial charge in [-0.25, -0.2) is 9.48 Å². The van der Waals surface area contributed by atoms with Gasteiger partial charge in [-0.3, -0.25) is 4.79 Å². The van der Waals surface area contributed by atoms with E-state index in [1.807, 2.05) is 30.3 Å². The third-order valence-corrected chi connectivity index (χ3v) is 4.70. The number of carbonyl (C=O) groups is 2. The van der Waals surface area contributed by atoms with Crippen molar-refractivity contribution < 1.29 is 23.8 Å². The fourth-order valence-corrected chi connectivity index (χ4v) is 2.84. The molecule has 1 heterocycles. The molecule has 0 unspecified atom stereocenters. The van der Waals surface area contributed by atoms with E-state index in [4.69, 9.17) is 14.2 Å². The summed E-state index contributed by atoms with van der Waals surface area (Å²) in [7, 11) is 2.95. The molecule has 0 radical (unpaired) electrons. The number of nitrogens with one attached hydrogen (secondary N) is 1. The Balaban J connectivity index is 1.81. The van der Waals surface area contributed by atoms with Crippen LogP contribution in [0.3, 0.4) is 0 Å². The normalized spacial score (nSPS) is 11.0. The second-order valence-corrected chi connectivity index (χ2v) is 8.16. The van der Waals surface area contributed by atoms with Gasteiger partial charge in [-0.05, 0) is 12.1 Å². The number of methoxy groups -OCH3 is 2. The van der Waals surface area contributed by atoms with Crippen LogP contribution in [-0.2, 0) is 16.1 Å². The molecule has 0 bridgehead atoms. The summed E-state index contributed by atoms with van der Waals surface area (Å²) in [4.78, 5) is 25.5. The largest absolute Gasteiger partial charge is 0.493 e. The van der Waals surface area contributed by atoms with Crippen LogP contribution in [0, 0.1) is 5.41 Å². The highest BCUT2D eigenvalue weighted by atomic mass is 16.5. The van der Waals surface area contributed by atoms with Crippen molar-refractivity contribution >= 4 is 17.6 Å². The zero-order valence-electron chi connectivity index (χ0n) is 18.8. The van der Waals surface area contributed by atoms with Crippen molar-refractivity contribution in [3.63, 3.8) is 0 Å². The molecule has 168 valence electrons. The minimum atomic E-state index is -0.652. The number of para-hydroxylation sites is 1. The van der Waals surface area contributed by atoms with E-state index in [0.29, 0.717) is 11.5 Å². The maximum Gasteiger partial charge on any atom is 0.340 e. The van der Waals surface area contributed by atoms with Crippen LogP contribution in [0.2, 0.25) is 0 Å². The molecule has 0 aliphatic rings. The first kappa shape index (κ1) is 22.9. The van der Waals surface area contributed by atoms with Gasteiger partial charge in [-0.15, -0.1) is 0 Å². The number of ether oxygens (including phenoxy) is 3. The third-order valence-electron chi connectivity index (χ3n) is 4.70. The van der Waals surface area contributed by atoms with E-state index in [1.165, 1.54) is 20.3 Å². The highest BCUT2D eigenvalue weighted by Gasteiger charge is 2.25. The molecule has 3 aromatic rings. The first-order chi connectivity index (χ1) is 15.2. The number of esters is 1. The monoisotopic (exact) mass is 437 g/mol. The Bertz CT molecular complexity index is 1100. The highest BCUT2D eigenvalue weighted by Crippen LogP contribution is 2.34. The fraction of sp³-hybridized carbons (Fsp3) is 0.292. The summed E-state index contributed by atoms with van der Waals surface area (Å²) in [5.74, 6) is -0.118. The molecule has 1 aromatic heterocycles. The molecule has 2 aromatic carbocycles. The van der Waals surface area contributed by atoms with Gasteiger partial charge < -0.3 is 19.5 Å². The second-order valence-electron chi connectivity index (χ2n) is 8.16. The van der Waals surface area contributed by atoms with Crippen LogP contribution in [0.5, 0.6) is 11.5 Å². The average molecular weight is 437 g/mol. The van der Waals surface area contributed by atoms with Gasteiger partial charge >= 0.3 is 5.97 Å².